The second kappa shape index (κ2) is 5.97. The van der Waals surface area contributed by atoms with E-state index in [2.05, 4.69) is 10.2 Å². The number of hydrogen-bond donors (Lipinski definition) is 0. The third-order valence-electron chi connectivity index (χ3n) is 3.22. The van der Waals surface area contributed by atoms with Gasteiger partial charge in [0.2, 0.25) is 5.89 Å². The zero-order chi connectivity index (χ0) is 13.9. The van der Waals surface area contributed by atoms with Crippen LogP contribution in [0.4, 0.5) is 0 Å². The van der Waals surface area contributed by atoms with Gasteiger partial charge in [0.1, 0.15) is 5.78 Å². The molecule has 0 aliphatic heterocycles. The molecule has 1 heterocycles. The van der Waals surface area contributed by atoms with E-state index in [0.29, 0.717) is 22.6 Å². The molecule has 0 saturated heterocycles. The molecule has 0 unspecified atom stereocenters. The molecule has 0 radical (unpaired) electrons. The topological polar surface area (TPSA) is 56.0 Å². The highest BCUT2D eigenvalue weighted by Gasteiger charge is 2.25. The number of benzene rings is 1. The van der Waals surface area contributed by atoms with Gasteiger partial charge in [-0.1, -0.05) is 35.9 Å². The summed E-state index contributed by atoms with van der Waals surface area (Å²) in [6.07, 6.45) is 3.62. The number of halogens is 1. The van der Waals surface area contributed by atoms with Crippen molar-refractivity contribution in [2.75, 3.05) is 0 Å². The highest BCUT2D eigenvalue weighted by Crippen LogP contribution is 2.32. The first kappa shape index (κ1) is 13.6. The van der Waals surface area contributed by atoms with Gasteiger partial charge in [0.05, 0.1) is 5.25 Å². The number of ketones is 1. The fourth-order valence-corrected chi connectivity index (χ4v) is 3.38. The van der Waals surface area contributed by atoms with Gasteiger partial charge in [-0.2, -0.15) is 0 Å². The van der Waals surface area contributed by atoms with Crippen molar-refractivity contribution < 1.29 is 9.21 Å². The molecule has 1 atom stereocenters. The minimum absolute atomic E-state index is 0.0450. The molecule has 1 aliphatic carbocycles. The highest BCUT2D eigenvalue weighted by molar-refractivity contribution is 8.00. The van der Waals surface area contributed by atoms with E-state index in [-0.39, 0.29) is 11.0 Å². The van der Waals surface area contributed by atoms with Gasteiger partial charge in [0.25, 0.3) is 5.22 Å². The van der Waals surface area contributed by atoms with Gasteiger partial charge in [-0.25, -0.2) is 0 Å². The van der Waals surface area contributed by atoms with Crippen molar-refractivity contribution in [2.24, 2.45) is 0 Å². The fourth-order valence-electron chi connectivity index (χ4n) is 2.19. The lowest BCUT2D eigenvalue weighted by Gasteiger charge is -2.17. The molecular weight excluding hydrogens is 296 g/mol. The molecule has 1 saturated carbocycles. The maximum atomic E-state index is 11.8. The molecule has 0 spiro atoms. The average Bonchev–Trinajstić information content (AvgIpc) is 2.90. The van der Waals surface area contributed by atoms with Gasteiger partial charge in [-0.15, -0.1) is 10.2 Å². The van der Waals surface area contributed by atoms with E-state index in [4.69, 9.17) is 16.0 Å². The number of hydrogen-bond acceptors (Lipinski definition) is 5. The molecule has 6 heteroatoms. The van der Waals surface area contributed by atoms with Crippen molar-refractivity contribution in [3.05, 3.63) is 29.3 Å². The molecule has 20 heavy (non-hydrogen) atoms. The minimum Gasteiger partial charge on any atom is -0.411 e. The summed E-state index contributed by atoms with van der Waals surface area (Å²) in [7, 11) is 0. The molecule has 2 aromatic rings. The summed E-state index contributed by atoms with van der Waals surface area (Å²) in [5.74, 6) is 0.710. The third kappa shape index (κ3) is 3.04. The van der Waals surface area contributed by atoms with Crippen molar-refractivity contribution in [1.82, 2.24) is 10.2 Å². The number of rotatable bonds is 3. The minimum atomic E-state index is -0.0450. The zero-order valence-corrected chi connectivity index (χ0v) is 12.3. The number of Topliss-reactive ketones (excluding diaryl/α,β-unsaturated/α-hetero) is 1. The van der Waals surface area contributed by atoms with Crippen LogP contribution < -0.4 is 0 Å². The molecule has 1 aliphatic rings. The van der Waals surface area contributed by atoms with E-state index in [1.165, 1.54) is 11.8 Å². The van der Waals surface area contributed by atoms with Crippen molar-refractivity contribution in [2.45, 2.75) is 36.2 Å². The van der Waals surface area contributed by atoms with E-state index >= 15 is 0 Å². The van der Waals surface area contributed by atoms with E-state index in [1.807, 2.05) is 12.1 Å². The predicted octanol–water partition coefficient (Wildman–Crippen LogP) is 3.99. The summed E-state index contributed by atoms with van der Waals surface area (Å²) in [5.41, 5.74) is 0.784. The molecule has 0 N–H and O–H groups in total. The summed E-state index contributed by atoms with van der Waals surface area (Å²) in [6.45, 7) is 0. The lowest BCUT2D eigenvalue weighted by molar-refractivity contribution is -0.119. The molecule has 1 aromatic heterocycles. The highest BCUT2D eigenvalue weighted by atomic mass is 35.5. The van der Waals surface area contributed by atoms with Crippen LogP contribution in [0, 0.1) is 0 Å². The monoisotopic (exact) mass is 308 g/mol. The van der Waals surface area contributed by atoms with Crippen LogP contribution in [0.15, 0.2) is 33.9 Å². The van der Waals surface area contributed by atoms with Crippen LogP contribution in [0.25, 0.3) is 11.5 Å². The standard InChI is InChI=1S/C14H13ClN2O2S/c15-10-5-3-4-9(8-10)13-16-17-14(19-13)20-12-7-2-1-6-11(12)18/h3-5,8,12H,1-2,6-7H2/t12-/m1/s1. The lowest BCUT2D eigenvalue weighted by Crippen LogP contribution is -2.21. The normalized spacial score (nSPS) is 19.2. The van der Waals surface area contributed by atoms with Crippen LogP contribution in [-0.2, 0) is 4.79 Å². The summed E-state index contributed by atoms with van der Waals surface area (Å²) < 4.78 is 5.61. The fraction of sp³-hybridized carbons (Fsp3) is 0.357. The van der Waals surface area contributed by atoms with Gasteiger partial charge in [-0.3, -0.25) is 4.79 Å². The molecule has 1 aromatic carbocycles. The number of carbonyl (C=O) groups is 1. The molecule has 4 nitrogen and oxygen atoms in total. The Bertz CT molecular complexity index is 629. The molecule has 1 fully saturated rings. The zero-order valence-electron chi connectivity index (χ0n) is 10.7. The maximum absolute atomic E-state index is 11.8. The molecular formula is C14H13ClN2O2S. The van der Waals surface area contributed by atoms with Gasteiger partial charge in [0, 0.05) is 17.0 Å². The second-order valence-electron chi connectivity index (χ2n) is 4.70. The van der Waals surface area contributed by atoms with E-state index in [0.717, 1.165) is 24.8 Å². The van der Waals surface area contributed by atoms with Crippen LogP contribution in [0.2, 0.25) is 5.02 Å². The third-order valence-corrected chi connectivity index (χ3v) is 4.60. The number of carbonyl (C=O) groups excluding carboxylic acids is 1. The van der Waals surface area contributed by atoms with Crippen LogP contribution in [0.1, 0.15) is 25.7 Å². The summed E-state index contributed by atoms with van der Waals surface area (Å²) in [6, 6.07) is 7.26. The Balaban J connectivity index is 1.75. The second-order valence-corrected chi connectivity index (χ2v) is 6.29. The van der Waals surface area contributed by atoms with Crippen LogP contribution in [0.3, 0.4) is 0 Å². The van der Waals surface area contributed by atoms with Crippen molar-refractivity contribution in [3.8, 4) is 11.5 Å². The van der Waals surface area contributed by atoms with Crippen LogP contribution in [0.5, 0.6) is 0 Å². The van der Waals surface area contributed by atoms with E-state index < -0.39 is 0 Å². The first-order valence-electron chi connectivity index (χ1n) is 6.51. The Kier molecular flexibility index (Phi) is 4.08. The molecule has 104 valence electrons. The van der Waals surface area contributed by atoms with Crippen LogP contribution >= 0.6 is 23.4 Å². The first-order valence-corrected chi connectivity index (χ1v) is 7.77. The molecule has 0 amide bonds. The van der Waals surface area contributed by atoms with Crippen molar-refractivity contribution in [3.63, 3.8) is 0 Å². The number of thioether (sulfide) groups is 1. The van der Waals surface area contributed by atoms with Crippen molar-refractivity contribution in [1.29, 1.82) is 0 Å². The average molecular weight is 309 g/mol. The Morgan fingerprint density at radius 1 is 1.30 bits per heavy atom. The Hall–Kier alpha value is -1.33. The van der Waals surface area contributed by atoms with Gasteiger partial charge >= 0.3 is 0 Å². The Labute approximate surface area is 125 Å². The smallest absolute Gasteiger partial charge is 0.277 e. The quantitative estimate of drug-likeness (QED) is 0.858. The van der Waals surface area contributed by atoms with Gasteiger partial charge < -0.3 is 4.42 Å². The summed E-state index contributed by atoms with van der Waals surface area (Å²) in [4.78, 5) is 11.8. The van der Waals surface area contributed by atoms with E-state index in [9.17, 15) is 4.79 Å². The van der Waals surface area contributed by atoms with Crippen molar-refractivity contribution >= 4 is 29.1 Å². The van der Waals surface area contributed by atoms with E-state index in [1.54, 1.807) is 12.1 Å². The number of aromatic nitrogens is 2. The molecule has 0 bridgehead atoms. The van der Waals surface area contributed by atoms with Gasteiger partial charge in [0.15, 0.2) is 0 Å². The SMILES string of the molecule is O=C1CCCC[C@H]1Sc1nnc(-c2cccc(Cl)c2)o1. The summed E-state index contributed by atoms with van der Waals surface area (Å²) >= 11 is 7.31. The largest absolute Gasteiger partial charge is 0.411 e. The van der Waals surface area contributed by atoms with Gasteiger partial charge in [-0.05, 0) is 31.0 Å². The van der Waals surface area contributed by atoms with Crippen LogP contribution in [-0.4, -0.2) is 21.2 Å². The Morgan fingerprint density at radius 3 is 3.00 bits per heavy atom. The molecule has 3 rings (SSSR count). The lowest BCUT2D eigenvalue weighted by atomic mass is 9.99. The maximum Gasteiger partial charge on any atom is 0.277 e. The first-order chi connectivity index (χ1) is 9.72. The Morgan fingerprint density at radius 2 is 2.20 bits per heavy atom. The summed E-state index contributed by atoms with van der Waals surface area (Å²) in [5, 5.41) is 9.03. The number of nitrogens with zero attached hydrogens (tertiary/aromatic N) is 2. The predicted molar refractivity (Wildman–Crippen MR) is 77.9 cm³/mol.